The fourth-order valence-corrected chi connectivity index (χ4v) is 0.724. The maximum absolute atomic E-state index is 10.7. The van der Waals surface area contributed by atoms with Crippen LogP contribution in [0.4, 0.5) is 0 Å². The lowest BCUT2D eigenvalue weighted by molar-refractivity contribution is -0.128. The van der Waals surface area contributed by atoms with Gasteiger partial charge in [0.15, 0.2) is 0 Å². The maximum atomic E-state index is 10.7. The Morgan fingerprint density at radius 3 is 2.83 bits per heavy atom. The van der Waals surface area contributed by atoms with Crippen LogP contribution in [0.25, 0.3) is 6.20 Å². The van der Waals surface area contributed by atoms with Gasteiger partial charge < -0.3 is 9.30 Å². The Morgan fingerprint density at radius 1 is 1.58 bits per heavy atom. The summed E-state index contributed by atoms with van der Waals surface area (Å²) in [4.78, 5) is 10.7. The van der Waals surface area contributed by atoms with Gasteiger partial charge in [-0.3, -0.25) is 0 Å². The van der Waals surface area contributed by atoms with Crippen molar-refractivity contribution in [1.29, 1.82) is 0 Å². The van der Waals surface area contributed by atoms with Crippen LogP contribution in [-0.4, -0.2) is 10.5 Å². The van der Waals surface area contributed by atoms with E-state index in [1.54, 1.807) is 29.2 Å². The highest BCUT2D eigenvalue weighted by molar-refractivity contribution is 5.83. The normalized spacial score (nSPS) is 9.00. The third-order valence-electron chi connectivity index (χ3n) is 1.28. The summed E-state index contributed by atoms with van der Waals surface area (Å²) in [6, 6.07) is 1.67. The van der Waals surface area contributed by atoms with Gasteiger partial charge in [0.05, 0.1) is 6.20 Å². The van der Waals surface area contributed by atoms with E-state index in [0.717, 1.165) is 6.08 Å². The molecule has 1 rings (SSSR count). The van der Waals surface area contributed by atoms with Gasteiger partial charge >= 0.3 is 5.97 Å². The molecule has 0 amide bonds. The molecule has 3 heteroatoms. The SMILES string of the molecule is C=CC(=O)Oc1ccn(C=C)c1. The molecule has 0 aliphatic heterocycles. The molecule has 0 spiro atoms. The van der Waals surface area contributed by atoms with Gasteiger partial charge in [-0.25, -0.2) is 4.79 Å². The molecule has 0 atom stereocenters. The van der Waals surface area contributed by atoms with Gasteiger partial charge in [0.25, 0.3) is 0 Å². The second kappa shape index (κ2) is 3.57. The minimum absolute atomic E-state index is 0.461. The highest BCUT2D eigenvalue weighted by Crippen LogP contribution is 2.10. The summed E-state index contributed by atoms with van der Waals surface area (Å²) in [6.07, 6.45) is 6.10. The van der Waals surface area contributed by atoms with Crippen LogP contribution in [0.1, 0.15) is 0 Å². The number of carbonyl (C=O) groups excluding carboxylic acids is 1. The van der Waals surface area contributed by atoms with Crippen molar-refractivity contribution in [3.05, 3.63) is 37.7 Å². The minimum Gasteiger partial charge on any atom is -0.422 e. The van der Waals surface area contributed by atoms with Crippen LogP contribution in [0.2, 0.25) is 0 Å². The number of nitrogens with zero attached hydrogens (tertiary/aromatic N) is 1. The Hall–Kier alpha value is -1.77. The van der Waals surface area contributed by atoms with Crippen molar-refractivity contribution in [2.75, 3.05) is 0 Å². The van der Waals surface area contributed by atoms with Crippen LogP contribution >= 0.6 is 0 Å². The molecular formula is C9H9NO2. The molecule has 0 bridgehead atoms. The fraction of sp³-hybridized carbons (Fsp3) is 0. The third-order valence-corrected chi connectivity index (χ3v) is 1.28. The summed E-state index contributed by atoms with van der Waals surface area (Å²) in [5.74, 6) is 0.0246. The van der Waals surface area contributed by atoms with Gasteiger partial charge in [0.1, 0.15) is 5.75 Å². The molecule has 3 nitrogen and oxygen atoms in total. The van der Waals surface area contributed by atoms with E-state index in [-0.39, 0.29) is 0 Å². The molecule has 1 aromatic heterocycles. The van der Waals surface area contributed by atoms with Gasteiger partial charge in [-0.2, -0.15) is 0 Å². The molecule has 0 aliphatic rings. The zero-order valence-electron chi connectivity index (χ0n) is 6.56. The molecule has 0 aromatic carbocycles. The molecule has 0 unspecified atom stereocenters. The van der Waals surface area contributed by atoms with Crippen molar-refractivity contribution in [3.8, 4) is 5.75 Å². The summed E-state index contributed by atoms with van der Waals surface area (Å²) in [7, 11) is 0. The van der Waals surface area contributed by atoms with Crippen molar-refractivity contribution < 1.29 is 9.53 Å². The number of rotatable bonds is 3. The summed E-state index contributed by atoms with van der Waals surface area (Å²) >= 11 is 0. The van der Waals surface area contributed by atoms with E-state index in [2.05, 4.69) is 13.2 Å². The van der Waals surface area contributed by atoms with Crippen molar-refractivity contribution in [2.24, 2.45) is 0 Å². The summed E-state index contributed by atoms with van der Waals surface area (Å²) in [6.45, 7) is 6.83. The maximum Gasteiger partial charge on any atom is 0.335 e. The molecule has 0 aliphatic carbocycles. The van der Waals surface area contributed by atoms with E-state index in [1.807, 2.05) is 0 Å². The van der Waals surface area contributed by atoms with Gasteiger partial charge in [-0.15, -0.1) is 0 Å². The first-order valence-corrected chi connectivity index (χ1v) is 3.40. The Labute approximate surface area is 70.6 Å². The van der Waals surface area contributed by atoms with E-state index in [1.165, 1.54) is 0 Å². The molecule has 12 heavy (non-hydrogen) atoms. The van der Waals surface area contributed by atoms with Crippen LogP contribution in [0, 0.1) is 0 Å². The fourth-order valence-electron chi connectivity index (χ4n) is 0.724. The Balaban J connectivity index is 2.69. The summed E-state index contributed by atoms with van der Waals surface area (Å²) < 4.78 is 6.51. The van der Waals surface area contributed by atoms with Gasteiger partial charge in [-0.1, -0.05) is 13.2 Å². The first-order chi connectivity index (χ1) is 5.76. The minimum atomic E-state index is -0.461. The van der Waals surface area contributed by atoms with Crippen LogP contribution in [-0.2, 0) is 4.79 Å². The molecule has 1 aromatic rings. The van der Waals surface area contributed by atoms with Crippen molar-refractivity contribution in [2.45, 2.75) is 0 Å². The number of esters is 1. The largest absolute Gasteiger partial charge is 0.422 e. The number of carbonyl (C=O) groups is 1. The number of ether oxygens (including phenoxy) is 1. The number of aromatic nitrogens is 1. The summed E-state index contributed by atoms with van der Waals surface area (Å²) in [5, 5.41) is 0. The monoisotopic (exact) mass is 163 g/mol. The highest BCUT2D eigenvalue weighted by atomic mass is 16.5. The predicted octanol–water partition coefficient (Wildman–Crippen LogP) is 1.68. The topological polar surface area (TPSA) is 31.2 Å². The van der Waals surface area contributed by atoms with E-state index in [4.69, 9.17) is 4.74 Å². The summed E-state index contributed by atoms with van der Waals surface area (Å²) in [5.41, 5.74) is 0. The van der Waals surface area contributed by atoms with Gasteiger partial charge in [0.2, 0.25) is 0 Å². The number of hydrogen-bond donors (Lipinski definition) is 0. The lowest BCUT2D eigenvalue weighted by atomic mass is 10.6. The predicted molar refractivity (Wildman–Crippen MR) is 46.7 cm³/mol. The average molecular weight is 163 g/mol. The highest BCUT2D eigenvalue weighted by Gasteiger charge is 1.99. The first-order valence-electron chi connectivity index (χ1n) is 3.40. The molecule has 0 saturated heterocycles. The van der Waals surface area contributed by atoms with Gasteiger partial charge in [0, 0.05) is 18.5 Å². The quantitative estimate of drug-likeness (QED) is 0.501. The van der Waals surface area contributed by atoms with Crippen molar-refractivity contribution >= 4 is 12.2 Å². The van der Waals surface area contributed by atoms with E-state index < -0.39 is 5.97 Å². The van der Waals surface area contributed by atoms with E-state index in [9.17, 15) is 4.79 Å². The molecular weight excluding hydrogens is 154 g/mol. The van der Waals surface area contributed by atoms with Crippen LogP contribution in [0.15, 0.2) is 37.7 Å². The Morgan fingerprint density at radius 2 is 2.33 bits per heavy atom. The molecule has 62 valence electrons. The zero-order chi connectivity index (χ0) is 8.97. The Kier molecular flexibility index (Phi) is 2.48. The first kappa shape index (κ1) is 8.33. The van der Waals surface area contributed by atoms with E-state index in [0.29, 0.717) is 5.75 Å². The number of hydrogen-bond acceptors (Lipinski definition) is 2. The van der Waals surface area contributed by atoms with E-state index >= 15 is 0 Å². The lowest BCUT2D eigenvalue weighted by Crippen LogP contribution is -2.01. The van der Waals surface area contributed by atoms with Crippen LogP contribution in [0.5, 0.6) is 5.75 Å². The smallest absolute Gasteiger partial charge is 0.335 e. The molecule has 0 N–H and O–H groups in total. The average Bonchev–Trinajstić information content (AvgIpc) is 2.52. The van der Waals surface area contributed by atoms with Crippen molar-refractivity contribution in [1.82, 2.24) is 4.57 Å². The van der Waals surface area contributed by atoms with Gasteiger partial charge in [-0.05, 0) is 6.07 Å². The molecule has 0 saturated carbocycles. The second-order valence-corrected chi connectivity index (χ2v) is 2.10. The molecule has 0 radical (unpaired) electrons. The molecule has 1 heterocycles. The van der Waals surface area contributed by atoms with Crippen LogP contribution in [0.3, 0.4) is 0 Å². The van der Waals surface area contributed by atoms with Crippen molar-refractivity contribution in [3.63, 3.8) is 0 Å². The Bertz CT molecular complexity index is 312. The second-order valence-electron chi connectivity index (χ2n) is 2.10. The standard InChI is InChI=1S/C9H9NO2/c1-3-9(11)12-8-5-6-10(4-2)7-8/h3-7H,1-2H2. The van der Waals surface area contributed by atoms with Crippen LogP contribution < -0.4 is 4.74 Å². The lowest BCUT2D eigenvalue weighted by Gasteiger charge is -1.94. The molecule has 0 fully saturated rings. The zero-order valence-corrected chi connectivity index (χ0v) is 6.56. The third kappa shape index (κ3) is 1.85.